The Morgan fingerprint density at radius 3 is 3.33 bits per heavy atom. The van der Waals surface area contributed by atoms with E-state index in [-0.39, 0.29) is 6.04 Å². The van der Waals surface area contributed by atoms with Gasteiger partial charge in [0.25, 0.3) is 0 Å². The largest absolute Gasteiger partial charge is 0.332 e. The Kier molecular flexibility index (Phi) is 2.71. The van der Waals surface area contributed by atoms with Crippen LogP contribution in [0.15, 0.2) is 32.1 Å². The van der Waals surface area contributed by atoms with Gasteiger partial charge < -0.3 is 5.32 Å². The fourth-order valence-electron chi connectivity index (χ4n) is 1.33. The van der Waals surface area contributed by atoms with Gasteiger partial charge in [0.2, 0.25) is 0 Å². The van der Waals surface area contributed by atoms with E-state index in [1.54, 1.807) is 6.34 Å². The number of fused-ring (bicyclic) bond motifs is 1. The first kappa shape index (κ1) is 9.76. The quantitative estimate of drug-likeness (QED) is 0.677. The van der Waals surface area contributed by atoms with Crippen molar-refractivity contribution < 1.29 is 0 Å². The lowest BCUT2D eigenvalue weighted by atomic mass is 10.2. The summed E-state index contributed by atoms with van der Waals surface area (Å²) in [4.78, 5) is 16.8. The van der Waals surface area contributed by atoms with Crippen molar-refractivity contribution in [1.82, 2.24) is 5.32 Å². The molecular formula is C10H13N5. The lowest BCUT2D eigenvalue weighted by Gasteiger charge is -2.14. The summed E-state index contributed by atoms with van der Waals surface area (Å²) in [7, 11) is 0. The Bertz CT molecular complexity index is 389. The third kappa shape index (κ3) is 2.18. The molecule has 2 aliphatic rings. The average molecular weight is 203 g/mol. The lowest BCUT2D eigenvalue weighted by molar-refractivity contribution is 0.934. The van der Waals surface area contributed by atoms with E-state index < -0.39 is 0 Å². The molecule has 1 atom stereocenters. The molecule has 1 unspecified atom stereocenters. The molecule has 15 heavy (non-hydrogen) atoms. The normalized spacial score (nSPS) is 25.0. The smallest absolute Gasteiger partial charge is 0.168 e. The maximum Gasteiger partial charge on any atom is 0.168 e. The maximum atomic E-state index is 4.39. The van der Waals surface area contributed by atoms with Crippen LogP contribution >= 0.6 is 0 Å². The van der Waals surface area contributed by atoms with E-state index in [1.165, 1.54) is 6.34 Å². The number of rotatable bonds is 3. The monoisotopic (exact) mass is 203 g/mol. The molecule has 5 heteroatoms. The SMILES string of the molecule is C=C(C)CCN=C1N=CNC2=NC=NC12. The Morgan fingerprint density at radius 2 is 2.53 bits per heavy atom. The molecule has 0 saturated heterocycles. The van der Waals surface area contributed by atoms with Gasteiger partial charge in [-0.25, -0.2) is 9.98 Å². The summed E-state index contributed by atoms with van der Waals surface area (Å²) in [6, 6.07) is -0.125. The molecule has 0 bridgehead atoms. The molecule has 0 fully saturated rings. The summed E-state index contributed by atoms with van der Waals surface area (Å²) in [6.07, 6.45) is 4.02. The third-order valence-corrected chi connectivity index (χ3v) is 2.14. The Balaban J connectivity index is 2.05. The van der Waals surface area contributed by atoms with Crippen LogP contribution in [0.4, 0.5) is 0 Å². The molecule has 5 nitrogen and oxygen atoms in total. The van der Waals surface area contributed by atoms with E-state index in [0.717, 1.165) is 23.7 Å². The predicted octanol–water partition coefficient (Wildman–Crippen LogP) is 0.792. The molecule has 1 N–H and O–H groups in total. The van der Waals surface area contributed by atoms with E-state index >= 15 is 0 Å². The summed E-state index contributed by atoms with van der Waals surface area (Å²) in [6.45, 7) is 6.53. The average Bonchev–Trinajstić information content (AvgIpc) is 2.65. The van der Waals surface area contributed by atoms with Crippen LogP contribution in [0.1, 0.15) is 13.3 Å². The topological polar surface area (TPSA) is 61.5 Å². The predicted molar refractivity (Wildman–Crippen MR) is 63.1 cm³/mol. The number of amidine groups is 2. The van der Waals surface area contributed by atoms with Gasteiger partial charge in [-0.1, -0.05) is 5.57 Å². The van der Waals surface area contributed by atoms with Crippen LogP contribution in [-0.4, -0.2) is 36.9 Å². The summed E-state index contributed by atoms with van der Waals surface area (Å²) in [5.41, 5.74) is 1.13. The Morgan fingerprint density at radius 1 is 1.67 bits per heavy atom. The van der Waals surface area contributed by atoms with Crippen molar-refractivity contribution in [3.8, 4) is 0 Å². The van der Waals surface area contributed by atoms with Gasteiger partial charge in [0, 0.05) is 6.54 Å². The molecule has 2 heterocycles. The van der Waals surface area contributed by atoms with Gasteiger partial charge in [-0.2, -0.15) is 0 Å². The number of hydrogen-bond donors (Lipinski definition) is 1. The maximum absolute atomic E-state index is 4.39. The van der Waals surface area contributed by atoms with Gasteiger partial charge in [-0.05, 0) is 13.3 Å². The number of nitrogens with zero attached hydrogens (tertiary/aromatic N) is 4. The second-order valence-electron chi connectivity index (χ2n) is 3.53. The summed E-state index contributed by atoms with van der Waals surface area (Å²) < 4.78 is 0. The van der Waals surface area contributed by atoms with E-state index in [0.29, 0.717) is 6.54 Å². The first-order valence-electron chi connectivity index (χ1n) is 4.84. The summed E-state index contributed by atoms with van der Waals surface area (Å²) >= 11 is 0. The van der Waals surface area contributed by atoms with E-state index in [9.17, 15) is 0 Å². The highest BCUT2D eigenvalue weighted by Crippen LogP contribution is 2.07. The van der Waals surface area contributed by atoms with E-state index in [4.69, 9.17) is 0 Å². The molecule has 78 valence electrons. The molecule has 0 amide bonds. The van der Waals surface area contributed by atoms with Crippen LogP contribution in [-0.2, 0) is 0 Å². The van der Waals surface area contributed by atoms with Gasteiger partial charge in [-0.3, -0.25) is 9.98 Å². The minimum Gasteiger partial charge on any atom is -0.332 e. The molecule has 2 aliphatic heterocycles. The molecule has 0 aromatic rings. The van der Waals surface area contributed by atoms with Crippen molar-refractivity contribution in [2.75, 3.05) is 6.54 Å². The minimum atomic E-state index is -0.125. The summed E-state index contributed by atoms with van der Waals surface area (Å²) in [5.74, 6) is 1.53. The summed E-state index contributed by atoms with van der Waals surface area (Å²) in [5, 5.41) is 2.95. The molecule has 0 aromatic heterocycles. The second-order valence-corrected chi connectivity index (χ2v) is 3.53. The van der Waals surface area contributed by atoms with Gasteiger partial charge in [-0.15, -0.1) is 6.58 Å². The van der Waals surface area contributed by atoms with Gasteiger partial charge in [0.05, 0.1) is 6.34 Å². The van der Waals surface area contributed by atoms with Gasteiger partial charge in [0.1, 0.15) is 12.2 Å². The van der Waals surface area contributed by atoms with E-state index in [1.807, 2.05) is 6.92 Å². The zero-order valence-corrected chi connectivity index (χ0v) is 8.64. The Hall–Kier alpha value is -1.78. The first-order valence-corrected chi connectivity index (χ1v) is 4.84. The minimum absolute atomic E-state index is 0.125. The van der Waals surface area contributed by atoms with Crippen molar-refractivity contribution >= 4 is 24.3 Å². The molecule has 0 saturated carbocycles. The second kappa shape index (κ2) is 4.16. The molecule has 0 aromatic carbocycles. The van der Waals surface area contributed by atoms with Gasteiger partial charge in [0.15, 0.2) is 11.9 Å². The van der Waals surface area contributed by atoms with Crippen molar-refractivity contribution in [3.05, 3.63) is 12.2 Å². The Labute approximate surface area is 88.5 Å². The van der Waals surface area contributed by atoms with Crippen LogP contribution in [0.25, 0.3) is 0 Å². The highest BCUT2D eigenvalue weighted by Gasteiger charge is 2.25. The van der Waals surface area contributed by atoms with Crippen molar-refractivity contribution in [1.29, 1.82) is 0 Å². The van der Waals surface area contributed by atoms with Crippen LogP contribution in [0.2, 0.25) is 0 Å². The fourth-order valence-corrected chi connectivity index (χ4v) is 1.33. The number of hydrogen-bond acceptors (Lipinski definition) is 4. The van der Waals surface area contributed by atoms with Crippen LogP contribution in [0.5, 0.6) is 0 Å². The zero-order valence-electron chi connectivity index (χ0n) is 8.64. The van der Waals surface area contributed by atoms with Crippen molar-refractivity contribution in [2.45, 2.75) is 19.4 Å². The lowest BCUT2D eigenvalue weighted by Crippen LogP contribution is -2.40. The third-order valence-electron chi connectivity index (χ3n) is 2.14. The highest BCUT2D eigenvalue weighted by molar-refractivity contribution is 6.21. The van der Waals surface area contributed by atoms with Gasteiger partial charge >= 0.3 is 0 Å². The fraction of sp³-hybridized carbons (Fsp3) is 0.400. The van der Waals surface area contributed by atoms with Crippen molar-refractivity contribution in [3.63, 3.8) is 0 Å². The molecule has 2 rings (SSSR count). The van der Waals surface area contributed by atoms with Crippen LogP contribution < -0.4 is 5.32 Å². The zero-order chi connectivity index (χ0) is 10.7. The molecular weight excluding hydrogens is 190 g/mol. The molecule has 0 spiro atoms. The first-order chi connectivity index (χ1) is 7.27. The van der Waals surface area contributed by atoms with Crippen LogP contribution in [0.3, 0.4) is 0 Å². The van der Waals surface area contributed by atoms with E-state index in [2.05, 4.69) is 31.9 Å². The molecule has 0 aliphatic carbocycles. The van der Waals surface area contributed by atoms with Crippen LogP contribution in [0, 0.1) is 0 Å². The standard InChI is InChI=1S/C10H13N5/c1-7(2)3-4-11-9-8-10(13-5-12-8)15-6-14-9/h5-6,8H,1,3-4H2,2H3,(H,11,12,13,14,15). The van der Waals surface area contributed by atoms with Crippen molar-refractivity contribution in [2.24, 2.45) is 20.0 Å². The molecule has 0 radical (unpaired) electrons. The number of nitrogens with one attached hydrogen (secondary N) is 1. The number of aliphatic imine (C=N–C) groups is 4. The highest BCUT2D eigenvalue weighted by atomic mass is 15.2.